The molecule has 0 aliphatic carbocycles. The van der Waals surface area contributed by atoms with Gasteiger partial charge >= 0.3 is 12.1 Å². The molecule has 0 radical (unpaired) electrons. The molecule has 0 fully saturated rings. The molecule has 4 rings (SSSR count). The first-order valence-corrected chi connectivity index (χ1v) is 13.7. The van der Waals surface area contributed by atoms with Gasteiger partial charge in [0.2, 0.25) is 0 Å². The third kappa shape index (κ3) is 6.81. The fourth-order valence-corrected chi connectivity index (χ4v) is 5.15. The van der Waals surface area contributed by atoms with E-state index in [1.54, 1.807) is 17.0 Å². The smallest absolute Gasteiger partial charge is 0.410 e. The second kappa shape index (κ2) is 12.2. The van der Waals surface area contributed by atoms with E-state index in [0.29, 0.717) is 23.3 Å². The number of amides is 1. The van der Waals surface area contributed by atoms with Crippen LogP contribution in [0, 0.1) is 12.7 Å². The molecule has 0 spiro atoms. The van der Waals surface area contributed by atoms with Crippen molar-refractivity contribution in [3.8, 4) is 11.5 Å². The molecule has 0 saturated carbocycles. The van der Waals surface area contributed by atoms with E-state index in [4.69, 9.17) is 18.9 Å². The Balaban J connectivity index is 1.70. The molecule has 1 aliphatic rings. The Kier molecular flexibility index (Phi) is 8.90. The van der Waals surface area contributed by atoms with Crippen molar-refractivity contribution in [3.05, 3.63) is 94.3 Å². The molecule has 3 aromatic carbocycles. The van der Waals surface area contributed by atoms with Crippen molar-refractivity contribution < 1.29 is 32.9 Å². The summed E-state index contributed by atoms with van der Waals surface area (Å²) in [6, 6.07) is 17.7. The monoisotopic (exact) mass is 563 g/mol. The van der Waals surface area contributed by atoms with Crippen molar-refractivity contribution in [2.75, 3.05) is 20.8 Å². The predicted molar refractivity (Wildman–Crippen MR) is 154 cm³/mol. The van der Waals surface area contributed by atoms with Crippen LogP contribution in [0.2, 0.25) is 0 Å². The number of benzene rings is 3. The van der Waals surface area contributed by atoms with Crippen LogP contribution in [0.4, 0.5) is 9.18 Å². The van der Waals surface area contributed by atoms with Gasteiger partial charge < -0.3 is 18.9 Å². The van der Waals surface area contributed by atoms with E-state index in [1.165, 1.54) is 20.3 Å². The Morgan fingerprint density at radius 1 is 1.07 bits per heavy atom. The minimum atomic E-state index is -0.718. The molecule has 0 bridgehead atoms. The van der Waals surface area contributed by atoms with Crippen molar-refractivity contribution in [1.82, 2.24) is 4.90 Å². The summed E-state index contributed by atoms with van der Waals surface area (Å²) < 4.78 is 36.6. The summed E-state index contributed by atoms with van der Waals surface area (Å²) in [4.78, 5) is 27.6. The molecule has 1 aliphatic heterocycles. The second-order valence-corrected chi connectivity index (χ2v) is 11.3. The van der Waals surface area contributed by atoms with Crippen molar-refractivity contribution in [1.29, 1.82) is 0 Å². The van der Waals surface area contributed by atoms with Crippen molar-refractivity contribution in [2.24, 2.45) is 0 Å². The lowest BCUT2D eigenvalue weighted by Gasteiger charge is -2.38. The molecule has 8 heteroatoms. The lowest BCUT2D eigenvalue weighted by Crippen LogP contribution is -2.45. The summed E-state index contributed by atoms with van der Waals surface area (Å²) in [5.74, 6) is -0.139. The third-order valence-corrected chi connectivity index (χ3v) is 7.31. The van der Waals surface area contributed by atoms with Crippen molar-refractivity contribution in [3.63, 3.8) is 0 Å². The van der Waals surface area contributed by atoms with Gasteiger partial charge in [0.1, 0.15) is 17.5 Å². The lowest BCUT2D eigenvalue weighted by atomic mass is 9.83. The first-order valence-electron chi connectivity index (χ1n) is 13.7. The fraction of sp³-hybridized carbons (Fsp3) is 0.394. The van der Waals surface area contributed by atoms with Gasteiger partial charge in [-0.2, -0.15) is 0 Å². The number of fused-ring (bicyclic) bond motifs is 1. The van der Waals surface area contributed by atoms with E-state index in [9.17, 15) is 14.0 Å². The highest BCUT2D eigenvalue weighted by Crippen LogP contribution is 2.41. The standard InChI is InChI=1S/C33H38FNO6/c1-20-12-13-23(16-26(20)31(36)39-7)27-18-24(40-29-11-9-8-10-25(27)29)19-35(32(37)41-33(3,4)5)21(2)22-14-15-28(34)30(17-22)38-6/h8-17,21,24,27H,18-19H2,1-7H3. The summed E-state index contributed by atoms with van der Waals surface area (Å²) in [5, 5.41) is 0. The number of methoxy groups -OCH3 is 2. The average molecular weight is 564 g/mol. The van der Waals surface area contributed by atoms with Gasteiger partial charge in [-0.1, -0.05) is 36.4 Å². The van der Waals surface area contributed by atoms with Gasteiger partial charge in [-0.05, 0) is 82.0 Å². The van der Waals surface area contributed by atoms with Crippen molar-refractivity contribution >= 4 is 12.1 Å². The summed E-state index contributed by atoms with van der Waals surface area (Å²) in [6.45, 7) is 9.40. The molecular weight excluding hydrogens is 525 g/mol. The largest absolute Gasteiger partial charge is 0.494 e. The predicted octanol–water partition coefficient (Wildman–Crippen LogP) is 7.21. The third-order valence-electron chi connectivity index (χ3n) is 7.31. The van der Waals surface area contributed by atoms with Gasteiger partial charge in [0.15, 0.2) is 11.6 Å². The minimum Gasteiger partial charge on any atom is -0.494 e. The molecule has 41 heavy (non-hydrogen) atoms. The molecule has 1 heterocycles. The van der Waals surface area contributed by atoms with Gasteiger partial charge in [-0.25, -0.2) is 14.0 Å². The Bertz CT molecular complexity index is 1420. The van der Waals surface area contributed by atoms with Crippen LogP contribution in [0.3, 0.4) is 0 Å². The molecule has 218 valence electrons. The number of carbonyl (C=O) groups excluding carboxylic acids is 2. The minimum absolute atomic E-state index is 0.0873. The van der Waals surface area contributed by atoms with Crippen LogP contribution in [0.25, 0.3) is 0 Å². The van der Waals surface area contributed by atoms with Gasteiger partial charge in [-0.15, -0.1) is 0 Å². The van der Waals surface area contributed by atoms with Crippen LogP contribution in [-0.2, 0) is 9.47 Å². The second-order valence-electron chi connectivity index (χ2n) is 11.3. The number of ether oxygens (including phenoxy) is 4. The normalized spacial score (nSPS) is 17.1. The van der Waals surface area contributed by atoms with Gasteiger partial charge in [-0.3, -0.25) is 4.90 Å². The Morgan fingerprint density at radius 2 is 1.80 bits per heavy atom. The SMILES string of the molecule is COC(=O)c1cc(C2CC(CN(C(=O)OC(C)(C)C)C(C)c3ccc(F)c(OC)c3)Oc3ccccc32)ccc1C. The zero-order valence-electron chi connectivity index (χ0n) is 24.7. The van der Waals surface area contributed by atoms with Gasteiger partial charge in [0.25, 0.3) is 0 Å². The number of hydrogen-bond donors (Lipinski definition) is 0. The molecular formula is C33H38FNO6. The molecule has 0 saturated heterocycles. The van der Waals surface area contributed by atoms with Crippen LogP contribution >= 0.6 is 0 Å². The van der Waals surface area contributed by atoms with Gasteiger partial charge in [0.05, 0.1) is 32.4 Å². The van der Waals surface area contributed by atoms with E-state index in [-0.39, 0.29) is 24.2 Å². The van der Waals surface area contributed by atoms with Gasteiger partial charge in [0, 0.05) is 11.5 Å². The van der Waals surface area contributed by atoms with Crippen LogP contribution in [0.1, 0.15) is 78.7 Å². The number of aryl methyl sites for hydroxylation is 1. The Hall–Kier alpha value is -4.07. The average Bonchev–Trinajstić information content (AvgIpc) is 2.94. The maximum Gasteiger partial charge on any atom is 0.410 e. The number of para-hydroxylation sites is 1. The number of esters is 1. The maximum absolute atomic E-state index is 14.2. The fourth-order valence-electron chi connectivity index (χ4n) is 5.15. The van der Waals surface area contributed by atoms with E-state index < -0.39 is 29.7 Å². The summed E-state index contributed by atoms with van der Waals surface area (Å²) in [5.41, 5.74) is 3.28. The van der Waals surface area contributed by atoms with E-state index >= 15 is 0 Å². The van der Waals surface area contributed by atoms with Crippen LogP contribution < -0.4 is 9.47 Å². The topological polar surface area (TPSA) is 74.3 Å². The molecule has 1 amide bonds. The highest BCUT2D eigenvalue weighted by atomic mass is 19.1. The van der Waals surface area contributed by atoms with E-state index in [0.717, 1.165) is 16.7 Å². The summed E-state index contributed by atoms with van der Waals surface area (Å²) in [7, 11) is 2.78. The summed E-state index contributed by atoms with van der Waals surface area (Å²) >= 11 is 0. The highest BCUT2D eigenvalue weighted by molar-refractivity contribution is 5.91. The Labute approximate surface area is 241 Å². The zero-order valence-corrected chi connectivity index (χ0v) is 24.7. The quantitative estimate of drug-likeness (QED) is 0.283. The molecule has 7 nitrogen and oxygen atoms in total. The molecule has 0 aromatic heterocycles. The van der Waals surface area contributed by atoms with E-state index in [1.807, 2.05) is 77.1 Å². The Morgan fingerprint density at radius 3 is 2.49 bits per heavy atom. The lowest BCUT2D eigenvalue weighted by molar-refractivity contribution is 0.00552. The van der Waals surface area contributed by atoms with E-state index in [2.05, 4.69) is 0 Å². The number of halogens is 1. The number of nitrogens with zero attached hydrogens (tertiary/aromatic N) is 1. The number of hydrogen-bond acceptors (Lipinski definition) is 6. The summed E-state index contributed by atoms with van der Waals surface area (Å²) in [6.07, 6.45) is -0.342. The van der Waals surface area contributed by atoms with Crippen LogP contribution in [0.5, 0.6) is 11.5 Å². The van der Waals surface area contributed by atoms with Crippen molar-refractivity contribution in [2.45, 2.75) is 64.7 Å². The molecule has 3 aromatic rings. The number of rotatable bonds is 7. The molecule has 3 unspecified atom stereocenters. The molecule has 3 atom stereocenters. The number of carbonyl (C=O) groups is 2. The first kappa shape index (κ1) is 29.9. The maximum atomic E-state index is 14.2. The van der Waals surface area contributed by atoms with Crippen LogP contribution in [-0.4, -0.2) is 49.4 Å². The first-order chi connectivity index (χ1) is 19.4. The zero-order chi connectivity index (χ0) is 29.9. The highest BCUT2D eigenvalue weighted by Gasteiger charge is 2.35. The molecule has 0 N–H and O–H groups in total. The van der Waals surface area contributed by atoms with Crippen LogP contribution in [0.15, 0.2) is 60.7 Å².